The minimum absolute atomic E-state index is 0.115. The van der Waals surface area contributed by atoms with Crippen LogP contribution >= 0.6 is 22.6 Å². The highest BCUT2D eigenvalue weighted by atomic mass is 127. The third kappa shape index (κ3) is 5.04. The predicted octanol–water partition coefficient (Wildman–Crippen LogP) is 4.97. The summed E-state index contributed by atoms with van der Waals surface area (Å²) in [6.07, 6.45) is 1.57. The van der Waals surface area contributed by atoms with Gasteiger partial charge in [-0.15, -0.1) is 0 Å². The third-order valence-electron chi connectivity index (χ3n) is 5.04. The van der Waals surface area contributed by atoms with Crippen molar-refractivity contribution in [2.24, 2.45) is 0 Å². The summed E-state index contributed by atoms with van der Waals surface area (Å²) in [5.74, 6) is -0.363. The quantitative estimate of drug-likeness (QED) is 0.266. The molecule has 0 atom stereocenters. The van der Waals surface area contributed by atoms with Crippen molar-refractivity contribution in [2.75, 3.05) is 0 Å². The zero-order chi connectivity index (χ0) is 23.4. The zero-order valence-corrected chi connectivity index (χ0v) is 19.4. The lowest BCUT2D eigenvalue weighted by Crippen LogP contribution is -2.30. The van der Waals surface area contributed by atoms with Crippen molar-refractivity contribution in [3.05, 3.63) is 104 Å². The van der Waals surface area contributed by atoms with E-state index in [0.717, 1.165) is 14.0 Å². The van der Waals surface area contributed by atoms with Crippen LogP contribution in [-0.2, 0) is 17.9 Å². The number of carbonyl (C=O) groups excluding carboxylic acids is 2. The normalized spacial score (nSPS) is 14.3. The average Bonchev–Trinajstić information content (AvgIpc) is 3.07. The summed E-state index contributed by atoms with van der Waals surface area (Å²) in [6, 6.07) is 20.1. The first-order valence-electron chi connectivity index (χ1n) is 9.94. The highest BCUT2D eigenvalue weighted by Crippen LogP contribution is 2.26. The molecule has 3 aromatic carbocycles. The Morgan fingerprint density at radius 3 is 2.52 bits per heavy atom. The Hall–Kier alpha value is -3.71. The summed E-state index contributed by atoms with van der Waals surface area (Å²) in [5, 5.41) is 11.8. The first kappa shape index (κ1) is 22.5. The van der Waals surface area contributed by atoms with E-state index in [9.17, 15) is 19.2 Å². The average molecular weight is 553 g/mol. The Bertz CT molecular complexity index is 1320. The fraction of sp³-hybridized carbons (Fsp3) is 0.0800. The van der Waals surface area contributed by atoms with E-state index in [4.69, 9.17) is 4.74 Å². The van der Waals surface area contributed by atoms with Gasteiger partial charge in [0.05, 0.1) is 21.7 Å². The van der Waals surface area contributed by atoms with Crippen LogP contribution in [0, 0.1) is 20.7 Å². The Morgan fingerprint density at radius 2 is 1.79 bits per heavy atom. The van der Waals surface area contributed by atoms with E-state index < -0.39 is 17.8 Å². The molecule has 0 saturated carbocycles. The smallest absolute Gasteiger partial charge is 0.329 e. The van der Waals surface area contributed by atoms with Gasteiger partial charge in [-0.05, 0) is 58.5 Å². The maximum absolute atomic E-state index is 13.9. The summed E-state index contributed by atoms with van der Waals surface area (Å²) in [6.45, 7) is 0.100. The third-order valence-corrected chi connectivity index (χ3v) is 5.88. The van der Waals surface area contributed by atoms with Crippen LogP contribution < -0.4 is 10.1 Å². The molecule has 4 rings (SSSR count). The summed E-state index contributed by atoms with van der Waals surface area (Å²) >= 11 is 2.12. The molecule has 1 aliphatic heterocycles. The minimum Gasteiger partial charge on any atom is -0.488 e. The summed E-state index contributed by atoms with van der Waals surface area (Å²) in [7, 11) is 0. The van der Waals surface area contributed by atoms with Gasteiger partial charge in [0.15, 0.2) is 0 Å². The van der Waals surface area contributed by atoms with Gasteiger partial charge in [-0.25, -0.2) is 9.18 Å². The summed E-state index contributed by atoms with van der Waals surface area (Å²) in [5.41, 5.74) is 2.42. The predicted molar refractivity (Wildman–Crippen MR) is 128 cm³/mol. The van der Waals surface area contributed by atoms with Crippen molar-refractivity contribution < 1.29 is 18.7 Å². The number of rotatable bonds is 6. The lowest BCUT2D eigenvalue weighted by molar-refractivity contribution is -0.123. The van der Waals surface area contributed by atoms with Crippen molar-refractivity contribution in [3.8, 4) is 11.8 Å². The van der Waals surface area contributed by atoms with E-state index in [1.807, 2.05) is 18.2 Å². The van der Waals surface area contributed by atoms with Gasteiger partial charge in [0.25, 0.3) is 5.91 Å². The Kier molecular flexibility index (Phi) is 6.70. The SMILES string of the molecule is N#Cc1ccccc1COc1ccc(/C=C2/NC(=O)N(Cc3ccccc3F)C2=O)cc1I. The molecule has 1 heterocycles. The van der Waals surface area contributed by atoms with E-state index in [1.165, 1.54) is 12.1 Å². The number of hydrogen-bond acceptors (Lipinski definition) is 4. The number of nitrogens with zero attached hydrogens (tertiary/aromatic N) is 2. The lowest BCUT2D eigenvalue weighted by atomic mass is 10.1. The number of amides is 3. The van der Waals surface area contributed by atoms with Crippen LogP contribution in [0.2, 0.25) is 0 Å². The van der Waals surface area contributed by atoms with Crippen molar-refractivity contribution in [1.82, 2.24) is 10.2 Å². The molecule has 1 N–H and O–H groups in total. The number of halogens is 2. The lowest BCUT2D eigenvalue weighted by Gasteiger charge is -2.12. The van der Waals surface area contributed by atoms with E-state index in [0.29, 0.717) is 16.9 Å². The van der Waals surface area contributed by atoms with Crippen molar-refractivity contribution >= 4 is 40.6 Å². The number of urea groups is 1. The standard InChI is InChI=1S/C25H17FIN3O3/c26-20-8-4-3-6-18(20)14-30-24(31)22(29-25(30)32)12-16-9-10-23(21(27)11-16)33-15-19-7-2-1-5-17(19)13-28/h1-12H,14-15H2,(H,29,32)/b22-12+. The molecule has 0 bridgehead atoms. The first-order chi connectivity index (χ1) is 16.0. The molecule has 0 spiro atoms. The second-order valence-electron chi connectivity index (χ2n) is 7.22. The highest BCUT2D eigenvalue weighted by Gasteiger charge is 2.34. The number of nitriles is 1. The molecule has 3 amide bonds. The van der Waals surface area contributed by atoms with Gasteiger partial charge in [-0.2, -0.15) is 5.26 Å². The van der Waals surface area contributed by atoms with Gasteiger partial charge in [-0.1, -0.05) is 42.5 Å². The second kappa shape index (κ2) is 9.83. The maximum Gasteiger partial charge on any atom is 0.329 e. The Balaban J connectivity index is 1.47. The Labute approximate surface area is 203 Å². The first-order valence-corrected chi connectivity index (χ1v) is 11.0. The van der Waals surface area contributed by atoms with Crippen LogP contribution in [0.1, 0.15) is 22.3 Å². The van der Waals surface area contributed by atoms with Gasteiger partial charge in [0, 0.05) is 11.1 Å². The molecule has 1 aliphatic rings. The topological polar surface area (TPSA) is 82.4 Å². The number of benzene rings is 3. The molecule has 0 radical (unpaired) electrons. The molecule has 6 nitrogen and oxygen atoms in total. The fourth-order valence-electron chi connectivity index (χ4n) is 3.31. The number of hydrogen-bond donors (Lipinski definition) is 1. The number of carbonyl (C=O) groups is 2. The molecule has 0 aromatic heterocycles. The van der Waals surface area contributed by atoms with Gasteiger partial charge >= 0.3 is 6.03 Å². The number of imide groups is 1. The second-order valence-corrected chi connectivity index (χ2v) is 8.38. The molecule has 8 heteroatoms. The monoisotopic (exact) mass is 553 g/mol. The molecule has 33 heavy (non-hydrogen) atoms. The molecular formula is C25H17FIN3O3. The molecule has 0 aliphatic carbocycles. The van der Waals surface area contributed by atoms with Crippen LogP contribution in [0.5, 0.6) is 5.75 Å². The van der Waals surface area contributed by atoms with Crippen LogP contribution in [-0.4, -0.2) is 16.8 Å². The molecule has 3 aromatic rings. The zero-order valence-electron chi connectivity index (χ0n) is 17.2. The van der Waals surface area contributed by atoms with Crippen molar-refractivity contribution in [3.63, 3.8) is 0 Å². The van der Waals surface area contributed by atoms with E-state index >= 15 is 0 Å². The van der Waals surface area contributed by atoms with Crippen molar-refractivity contribution in [2.45, 2.75) is 13.2 Å². The van der Waals surface area contributed by atoms with Crippen LogP contribution in [0.15, 0.2) is 72.4 Å². The highest BCUT2D eigenvalue weighted by molar-refractivity contribution is 14.1. The van der Waals surface area contributed by atoms with Gasteiger partial charge in [-0.3, -0.25) is 9.69 Å². The van der Waals surface area contributed by atoms with Crippen LogP contribution in [0.3, 0.4) is 0 Å². The summed E-state index contributed by atoms with van der Waals surface area (Å²) < 4.78 is 20.6. The van der Waals surface area contributed by atoms with Gasteiger partial charge in [0.1, 0.15) is 23.9 Å². The van der Waals surface area contributed by atoms with E-state index in [1.54, 1.807) is 42.5 Å². The molecular weight excluding hydrogens is 536 g/mol. The molecule has 0 unspecified atom stereocenters. The maximum atomic E-state index is 13.9. The minimum atomic E-state index is -0.597. The van der Waals surface area contributed by atoms with Gasteiger partial charge < -0.3 is 10.1 Å². The van der Waals surface area contributed by atoms with Crippen LogP contribution in [0.4, 0.5) is 9.18 Å². The number of ether oxygens (including phenoxy) is 1. The molecule has 1 saturated heterocycles. The fourth-order valence-corrected chi connectivity index (χ4v) is 4.01. The van der Waals surface area contributed by atoms with Crippen LogP contribution in [0.25, 0.3) is 6.08 Å². The van der Waals surface area contributed by atoms with Crippen molar-refractivity contribution in [1.29, 1.82) is 5.26 Å². The largest absolute Gasteiger partial charge is 0.488 e. The number of nitrogens with one attached hydrogen (secondary N) is 1. The molecule has 164 valence electrons. The molecule has 1 fully saturated rings. The van der Waals surface area contributed by atoms with E-state index in [2.05, 4.69) is 34.0 Å². The van der Waals surface area contributed by atoms with Gasteiger partial charge in [0.2, 0.25) is 0 Å². The van der Waals surface area contributed by atoms with E-state index in [-0.39, 0.29) is 24.4 Å². The summed E-state index contributed by atoms with van der Waals surface area (Å²) in [4.78, 5) is 26.0. The Morgan fingerprint density at radius 1 is 1.06 bits per heavy atom.